The standard InChI is InChI=1S/C13H17N4O2/c1-3-8(4-2)5-9-6-10(18)11(12(14)19)13-15-7-16-17(9)13/h6-8,14,18H,3-5H2,1-2H3. The molecule has 0 atom stereocenters. The lowest BCUT2D eigenvalue weighted by atomic mass is 9.97. The summed E-state index contributed by atoms with van der Waals surface area (Å²) in [6.07, 6.45) is 4.16. The van der Waals surface area contributed by atoms with Crippen LogP contribution in [-0.4, -0.2) is 25.6 Å². The fraction of sp³-hybridized carbons (Fsp3) is 0.462. The molecule has 2 heterocycles. The molecule has 1 radical (unpaired) electrons. The van der Waals surface area contributed by atoms with E-state index in [9.17, 15) is 9.90 Å². The van der Waals surface area contributed by atoms with Gasteiger partial charge in [0, 0.05) is 11.8 Å². The molecular formula is C13H17N4O2. The van der Waals surface area contributed by atoms with Crippen LogP contribution in [0, 0.1) is 5.92 Å². The molecule has 0 saturated heterocycles. The Morgan fingerprint density at radius 1 is 1.47 bits per heavy atom. The summed E-state index contributed by atoms with van der Waals surface area (Å²) in [4.78, 5) is 15.2. The van der Waals surface area contributed by atoms with Crippen molar-refractivity contribution in [2.24, 2.45) is 5.92 Å². The van der Waals surface area contributed by atoms with Crippen LogP contribution in [0.3, 0.4) is 0 Å². The third-order valence-electron chi connectivity index (χ3n) is 3.48. The second-order valence-electron chi connectivity index (χ2n) is 4.61. The van der Waals surface area contributed by atoms with Crippen LogP contribution in [0.15, 0.2) is 12.4 Å². The highest BCUT2D eigenvalue weighted by Gasteiger charge is 2.19. The van der Waals surface area contributed by atoms with Gasteiger partial charge in [-0.3, -0.25) is 10.5 Å². The van der Waals surface area contributed by atoms with Gasteiger partial charge in [0.25, 0.3) is 5.91 Å². The number of nitrogens with one attached hydrogen (secondary N) is 1. The Hall–Kier alpha value is -2.11. The maximum atomic E-state index is 11.2. The number of carbonyl (C=O) groups is 1. The average molecular weight is 261 g/mol. The van der Waals surface area contributed by atoms with E-state index in [1.165, 1.54) is 12.4 Å². The number of rotatable bonds is 5. The molecule has 0 aliphatic carbocycles. The summed E-state index contributed by atoms with van der Waals surface area (Å²) in [5, 5.41) is 14.0. The topological polar surface area (TPSA) is 91.3 Å². The van der Waals surface area contributed by atoms with Gasteiger partial charge < -0.3 is 5.11 Å². The Balaban J connectivity index is 2.55. The summed E-state index contributed by atoms with van der Waals surface area (Å²) in [7, 11) is 0. The first-order valence-electron chi connectivity index (χ1n) is 6.38. The number of hydrogen-bond donors (Lipinski definition) is 1. The third kappa shape index (κ3) is 2.38. The van der Waals surface area contributed by atoms with E-state index >= 15 is 0 Å². The van der Waals surface area contributed by atoms with Crippen LogP contribution < -0.4 is 5.73 Å². The van der Waals surface area contributed by atoms with Crippen LogP contribution in [0.1, 0.15) is 42.7 Å². The molecule has 0 aromatic carbocycles. The predicted molar refractivity (Wildman–Crippen MR) is 69.9 cm³/mol. The molecule has 0 spiro atoms. The van der Waals surface area contributed by atoms with Crippen molar-refractivity contribution in [1.29, 1.82) is 0 Å². The molecule has 6 heteroatoms. The number of amides is 1. The number of fused-ring (bicyclic) bond motifs is 1. The quantitative estimate of drug-likeness (QED) is 0.888. The summed E-state index contributed by atoms with van der Waals surface area (Å²) >= 11 is 0. The highest BCUT2D eigenvalue weighted by molar-refractivity contribution is 6.00. The van der Waals surface area contributed by atoms with Crippen molar-refractivity contribution in [1.82, 2.24) is 20.3 Å². The van der Waals surface area contributed by atoms with Crippen molar-refractivity contribution < 1.29 is 9.90 Å². The van der Waals surface area contributed by atoms with Gasteiger partial charge in [-0.15, -0.1) is 0 Å². The van der Waals surface area contributed by atoms with Crippen molar-refractivity contribution in [3.8, 4) is 5.75 Å². The van der Waals surface area contributed by atoms with Gasteiger partial charge >= 0.3 is 0 Å². The van der Waals surface area contributed by atoms with Crippen LogP contribution in [0.5, 0.6) is 5.75 Å². The zero-order valence-corrected chi connectivity index (χ0v) is 11.1. The minimum Gasteiger partial charge on any atom is -0.507 e. The van der Waals surface area contributed by atoms with Gasteiger partial charge in [0.05, 0.1) is 0 Å². The van der Waals surface area contributed by atoms with Crippen LogP contribution in [0.4, 0.5) is 0 Å². The van der Waals surface area contributed by atoms with Gasteiger partial charge in [0.15, 0.2) is 5.65 Å². The fourth-order valence-corrected chi connectivity index (χ4v) is 2.26. The third-order valence-corrected chi connectivity index (χ3v) is 3.48. The molecule has 101 valence electrons. The Morgan fingerprint density at radius 3 is 2.74 bits per heavy atom. The molecule has 2 aromatic rings. The van der Waals surface area contributed by atoms with Gasteiger partial charge in [0.1, 0.15) is 17.6 Å². The molecule has 0 fully saturated rings. The summed E-state index contributed by atoms with van der Waals surface area (Å²) in [6.45, 7) is 4.24. The van der Waals surface area contributed by atoms with Gasteiger partial charge in [-0.1, -0.05) is 26.7 Å². The molecule has 0 aliphatic rings. The first-order valence-corrected chi connectivity index (χ1v) is 6.38. The summed E-state index contributed by atoms with van der Waals surface area (Å²) in [5.41, 5.74) is 8.15. The molecule has 0 bridgehead atoms. The Bertz CT molecular complexity index is 602. The van der Waals surface area contributed by atoms with E-state index < -0.39 is 5.91 Å². The lowest BCUT2D eigenvalue weighted by molar-refractivity contribution is 0.0990. The zero-order chi connectivity index (χ0) is 14.0. The molecule has 2 rings (SSSR count). The summed E-state index contributed by atoms with van der Waals surface area (Å²) < 4.78 is 1.54. The fourth-order valence-electron chi connectivity index (χ4n) is 2.26. The smallest absolute Gasteiger partial charge is 0.277 e. The first kappa shape index (κ1) is 13.3. The maximum Gasteiger partial charge on any atom is 0.277 e. The summed E-state index contributed by atoms with van der Waals surface area (Å²) in [6, 6.07) is 1.52. The van der Waals surface area contributed by atoms with Gasteiger partial charge in [-0.2, -0.15) is 5.10 Å². The Morgan fingerprint density at radius 2 is 2.16 bits per heavy atom. The van der Waals surface area contributed by atoms with Crippen molar-refractivity contribution >= 4 is 11.6 Å². The summed E-state index contributed by atoms with van der Waals surface area (Å²) in [5.74, 6) is -0.657. The first-order chi connectivity index (χ1) is 9.08. The average Bonchev–Trinajstić information content (AvgIpc) is 2.83. The van der Waals surface area contributed by atoms with Crippen LogP contribution in [-0.2, 0) is 6.42 Å². The number of pyridine rings is 1. The Kier molecular flexibility index (Phi) is 3.69. The second-order valence-corrected chi connectivity index (χ2v) is 4.61. The molecule has 19 heavy (non-hydrogen) atoms. The molecule has 0 aliphatic heterocycles. The number of hydrogen-bond acceptors (Lipinski definition) is 4. The molecule has 1 amide bonds. The minimum absolute atomic E-state index is 0.0919. The number of carbonyl (C=O) groups excluding carboxylic acids is 1. The molecule has 6 nitrogen and oxygen atoms in total. The van der Waals surface area contributed by atoms with E-state index in [4.69, 9.17) is 5.73 Å². The van der Waals surface area contributed by atoms with Crippen LogP contribution in [0.2, 0.25) is 0 Å². The highest BCUT2D eigenvalue weighted by Crippen LogP contribution is 2.25. The lowest BCUT2D eigenvalue weighted by Crippen LogP contribution is -2.11. The van der Waals surface area contributed by atoms with Gasteiger partial charge in [-0.05, 0) is 12.3 Å². The number of nitrogens with zero attached hydrogens (tertiary/aromatic N) is 3. The molecule has 0 unspecified atom stereocenters. The SMILES string of the molecule is CCC(CC)Cc1cc(O)c(C([NH])=O)c2ncnn12. The van der Waals surface area contributed by atoms with Crippen LogP contribution in [0.25, 0.3) is 5.65 Å². The van der Waals surface area contributed by atoms with Crippen molar-refractivity contribution in [2.75, 3.05) is 0 Å². The number of aromatic nitrogens is 3. The van der Waals surface area contributed by atoms with E-state index in [1.54, 1.807) is 4.52 Å². The van der Waals surface area contributed by atoms with Crippen molar-refractivity contribution in [3.63, 3.8) is 0 Å². The molecule has 0 saturated carbocycles. The van der Waals surface area contributed by atoms with E-state index in [-0.39, 0.29) is 17.0 Å². The van der Waals surface area contributed by atoms with Crippen molar-refractivity contribution in [3.05, 3.63) is 23.7 Å². The minimum atomic E-state index is -0.954. The molecular weight excluding hydrogens is 244 g/mol. The highest BCUT2D eigenvalue weighted by atomic mass is 16.3. The van der Waals surface area contributed by atoms with Crippen molar-refractivity contribution in [2.45, 2.75) is 33.1 Å². The van der Waals surface area contributed by atoms with E-state index in [1.807, 2.05) is 0 Å². The lowest BCUT2D eigenvalue weighted by Gasteiger charge is -2.14. The normalized spacial score (nSPS) is 11.3. The van der Waals surface area contributed by atoms with E-state index in [0.29, 0.717) is 5.92 Å². The zero-order valence-electron chi connectivity index (χ0n) is 11.1. The molecule has 2 aromatic heterocycles. The Labute approximate surface area is 111 Å². The van der Waals surface area contributed by atoms with Crippen LogP contribution >= 0.6 is 0 Å². The number of aromatic hydroxyl groups is 1. The van der Waals surface area contributed by atoms with Gasteiger partial charge in [-0.25, -0.2) is 9.50 Å². The monoisotopic (exact) mass is 261 g/mol. The molecule has 2 N–H and O–H groups in total. The van der Waals surface area contributed by atoms with E-state index in [0.717, 1.165) is 25.0 Å². The predicted octanol–water partition coefficient (Wildman–Crippen LogP) is 1.84. The largest absolute Gasteiger partial charge is 0.507 e. The maximum absolute atomic E-state index is 11.2. The van der Waals surface area contributed by atoms with Gasteiger partial charge in [0.2, 0.25) is 0 Å². The second kappa shape index (κ2) is 5.26. The van der Waals surface area contributed by atoms with E-state index in [2.05, 4.69) is 23.9 Å².